The molecule has 1 atom stereocenters. The van der Waals surface area contributed by atoms with Gasteiger partial charge in [0.2, 0.25) is 0 Å². The van der Waals surface area contributed by atoms with Gasteiger partial charge >= 0.3 is 0 Å². The van der Waals surface area contributed by atoms with Gasteiger partial charge in [-0.05, 0) is 30.7 Å². The average Bonchev–Trinajstić information content (AvgIpc) is 2.66. The fraction of sp³-hybridized carbons (Fsp3) is 0.368. The zero-order chi connectivity index (χ0) is 18.5. The largest absolute Gasteiger partial charge is 0.479 e. The van der Waals surface area contributed by atoms with Crippen LogP contribution in [0, 0.1) is 0 Å². The van der Waals surface area contributed by atoms with Gasteiger partial charge in [-0.1, -0.05) is 35.3 Å². The number of benzene rings is 1. The van der Waals surface area contributed by atoms with E-state index in [-0.39, 0.29) is 5.91 Å². The molecule has 0 N–H and O–H groups in total. The number of nitrogens with zero attached hydrogens (tertiary/aromatic N) is 3. The van der Waals surface area contributed by atoms with Gasteiger partial charge in [0.15, 0.2) is 6.10 Å². The molecule has 0 saturated carbocycles. The van der Waals surface area contributed by atoms with Gasteiger partial charge in [0.25, 0.3) is 5.91 Å². The normalized spacial score (nSPS) is 16.3. The highest BCUT2D eigenvalue weighted by atomic mass is 35.5. The molecule has 7 heteroatoms. The summed E-state index contributed by atoms with van der Waals surface area (Å²) in [5.41, 5.74) is 1.18. The molecule has 1 saturated heterocycles. The molecule has 1 aliphatic rings. The SMILES string of the molecule is CC(Oc1cccc(Cl)c1Cl)C(=O)N1CCN(Cc2cccnc2)CC1. The Hall–Kier alpha value is -1.82. The Morgan fingerprint density at radius 2 is 1.96 bits per heavy atom. The highest BCUT2D eigenvalue weighted by Crippen LogP contribution is 2.32. The first-order chi connectivity index (χ1) is 12.5. The number of amides is 1. The minimum atomic E-state index is -0.615. The van der Waals surface area contributed by atoms with Crippen molar-refractivity contribution in [3.8, 4) is 5.75 Å². The van der Waals surface area contributed by atoms with Crippen molar-refractivity contribution in [1.82, 2.24) is 14.8 Å². The van der Waals surface area contributed by atoms with Crippen LogP contribution >= 0.6 is 23.2 Å². The van der Waals surface area contributed by atoms with E-state index in [1.165, 1.54) is 5.56 Å². The molecule has 1 amide bonds. The first kappa shape index (κ1) is 19.0. The molecule has 1 fully saturated rings. The van der Waals surface area contributed by atoms with Gasteiger partial charge in [0.05, 0.1) is 5.02 Å². The summed E-state index contributed by atoms with van der Waals surface area (Å²) in [6.07, 6.45) is 3.03. The van der Waals surface area contributed by atoms with E-state index in [1.54, 1.807) is 31.3 Å². The number of piperazine rings is 1. The number of halogens is 2. The van der Waals surface area contributed by atoms with Crippen LogP contribution in [0.5, 0.6) is 5.75 Å². The maximum Gasteiger partial charge on any atom is 0.263 e. The number of carbonyl (C=O) groups excluding carboxylic acids is 1. The Morgan fingerprint density at radius 1 is 1.19 bits per heavy atom. The van der Waals surface area contributed by atoms with Crippen molar-refractivity contribution in [3.63, 3.8) is 0 Å². The lowest BCUT2D eigenvalue weighted by Crippen LogP contribution is -2.51. The smallest absolute Gasteiger partial charge is 0.263 e. The van der Waals surface area contributed by atoms with Gasteiger partial charge in [0.1, 0.15) is 10.8 Å². The van der Waals surface area contributed by atoms with E-state index in [0.717, 1.165) is 19.6 Å². The third-order valence-corrected chi connectivity index (χ3v) is 5.18. The summed E-state index contributed by atoms with van der Waals surface area (Å²) in [6, 6.07) is 9.15. The lowest BCUT2D eigenvalue weighted by Gasteiger charge is -2.35. The molecule has 2 aromatic rings. The molecule has 1 unspecified atom stereocenters. The maximum absolute atomic E-state index is 12.7. The first-order valence-corrected chi connectivity index (χ1v) is 9.31. The molecule has 1 aromatic heterocycles. The predicted molar refractivity (Wildman–Crippen MR) is 103 cm³/mol. The summed E-state index contributed by atoms with van der Waals surface area (Å²) in [5, 5.41) is 0.739. The Kier molecular flexibility index (Phi) is 6.35. The van der Waals surface area contributed by atoms with Crippen LogP contribution in [0.2, 0.25) is 10.0 Å². The summed E-state index contributed by atoms with van der Waals surface area (Å²) < 4.78 is 5.73. The van der Waals surface area contributed by atoms with Crippen LogP contribution in [0.1, 0.15) is 12.5 Å². The Bertz CT molecular complexity index is 750. The van der Waals surface area contributed by atoms with Gasteiger partial charge in [0, 0.05) is 45.1 Å². The molecule has 0 aliphatic carbocycles. The summed E-state index contributed by atoms with van der Waals surface area (Å²) >= 11 is 12.1. The second-order valence-electron chi connectivity index (χ2n) is 6.27. The lowest BCUT2D eigenvalue weighted by atomic mass is 10.2. The molecule has 0 bridgehead atoms. The van der Waals surface area contributed by atoms with E-state index in [1.807, 2.05) is 17.2 Å². The number of rotatable bonds is 5. The van der Waals surface area contributed by atoms with Crippen LogP contribution in [0.25, 0.3) is 0 Å². The van der Waals surface area contributed by atoms with Crippen LogP contribution in [-0.2, 0) is 11.3 Å². The van der Waals surface area contributed by atoms with Gasteiger partial charge in [-0.25, -0.2) is 0 Å². The molecule has 1 aromatic carbocycles. The Morgan fingerprint density at radius 3 is 2.65 bits per heavy atom. The number of hydrogen-bond donors (Lipinski definition) is 0. The van der Waals surface area contributed by atoms with Crippen molar-refractivity contribution in [2.45, 2.75) is 19.6 Å². The average molecular weight is 394 g/mol. The third-order valence-electron chi connectivity index (χ3n) is 4.38. The van der Waals surface area contributed by atoms with Crippen molar-refractivity contribution >= 4 is 29.1 Å². The third kappa shape index (κ3) is 4.67. The molecule has 138 valence electrons. The van der Waals surface area contributed by atoms with Crippen LogP contribution in [0.15, 0.2) is 42.7 Å². The summed E-state index contributed by atoms with van der Waals surface area (Å²) in [5.74, 6) is 0.386. The Balaban J connectivity index is 1.52. The number of hydrogen-bond acceptors (Lipinski definition) is 4. The number of carbonyl (C=O) groups is 1. The molecule has 3 rings (SSSR count). The number of ether oxygens (including phenoxy) is 1. The van der Waals surface area contributed by atoms with E-state index in [0.29, 0.717) is 28.9 Å². The van der Waals surface area contributed by atoms with Gasteiger partial charge in [-0.15, -0.1) is 0 Å². The fourth-order valence-corrected chi connectivity index (χ4v) is 3.29. The molecule has 2 heterocycles. The zero-order valence-electron chi connectivity index (χ0n) is 14.6. The Labute approximate surface area is 163 Å². The summed E-state index contributed by atoms with van der Waals surface area (Å²) in [4.78, 5) is 21.0. The van der Waals surface area contributed by atoms with Crippen LogP contribution in [-0.4, -0.2) is 53.0 Å². The van der Waals surface area contributed by atoms with Crippen LogP contribution in [0.4, 0.5) is 0 Å². The van der Waals surface area contributed by atoms with E-state index >= 15 is 0 Å². The zero-order valence-corrected chi connectivity index (χ0v) is 16.1. The minimum Gasteiger partial charge on any atom is -0.479 e. The van der Waals surface area contributed by atoms with Gasteiger partial charge in [-0.2, -0.15) is 0 Å². The van der Waals surface area contributed by atoms with E-state index in [2.05, 4.69) is 16.0 Å². The van der Waals surface area contributed by atoms with Gasteiger partial charge in [-0.3, -0.25) is 14.7 Å². The first-order valence-electron chi connectivity index (χ1n) is 8.55. The number of pyridine rings is 1. The number of aromatic nitrogens is 1. The van der Waals surface area contributed by atoms with E-state index < -0.39 is 6.10 Å². The van der Waals surface area contributed by atoms with Crippen molar-refractivity contribution in [2.24, 2.45) is 0 Å². The molecular weight excluding hydrogens is 373 g/mol. The molecule has 5 nitrogen and oxygen atoms in total. The van der Waals surface area contributed by atoms with Crippen molar-refractivity contribution in [2.75, 3.05) is 26.2 Å². The molecule has 0 spiro atoms. The van der Waals surface area contributed by atoms with Crippen molar-refractivity contribution in [3.05, 3.63) is 58.3 Å². The van der Waals surface area contributed by atoms with Crippen LogP contribution in [0.3, 0.4) is 0 Å². The highest BCUT2D eigenvalue weighted by molar-refractivity contribution is 6.42. The standard InChI is InChI=1S/C19H21Cl2N3O2/c1-14(26-17-6-2-5-16(20)18(17)21)19(25)24-10-8-23(9-11-24)13-15-4-3-7-22-12-15/h2-7,12,14H,8-11,13H2,1H3. The lowest BCUT2D eigenvalue weighted by molar-refractivity contribution is -0.139. The quantitative estimate of drug-likeness (QED) is 0.779. The molecular formula is C19H21Cl2N3O2. The topological polar surface area (TPSA) is 45.7 Å². The van der Waals surface area contributed by atoms with E-state index in [4.69, 9.17) is 27.9 Å². The monoisotopic (exact) mass is 393 g/mol. The van der Waals surface area contributed by atoms with Crippen LogP contribution < -0.4 is 4.74 Å². The molecule has 0 radical (unpaired) electrons. The fourth-order valence-electron chi connectivity index (χ4n) is 2.95. The molecule has 26 heavy (non-hydrogen) atoms. The van der Waals surface area contributed by atoms with Crippen molar-refractivity contribution in [1.29, 1.82) is 0 Å². The minimum absolute atomic E-state index is 0.0398. The molecule has 1 aliphatic heterocycles. The maximum atomic E-state index is 12.7. The second-order valence-corrected chi connectivity index (χ2v) is 7.06. The predicted octanol–water partition coefficient (Wildman–Crippen LogP) is 3.50. The van der Waals surface area contributed by atoms with Crippen molar-refractivity contribution < 1.29 is 9.53 Å². The summed E-state index contributed by atoms with van der Waals surface area (Å²) in [7, 11) is 0. The highest BCUT2D eigenvalue weighted by Gasteiger charge is 2.26. The summed E-state index contributed by atoms with van der Waals surface area (Å²) in [6.45, 7) is 5.59. The van der Waals surface area contributed by atoms with Gasteiger partial charge < -0.3 is 9.64 Å². The van der Waals surface area contributed by atoms with E-state index in [9.17, 15) is 4.79 Å². The second kappa shape index (κ2) is 8.71.